The Morgan fingerprint density at radius 3 is 2.33 bits per heavy atom. The summed E-state index contributed by atoms with van der Waals surface area (Å²) in [6.07, 6.45) is 0.824. The second-order valence-electron chi connectivity index (χ2n) is 4.61. The number of amides is 1. The van der Waals surface area contributed by atoms with Gasteiger partial charge in [0, 0.05) is 24.7 Å². The van der Waals surface area contributed by atoms with Crippen LogP contribution in [0.25, 0.3) is 0 Å². The van der Waals surface area contributed by atoms with Crippen molar-refractivity contribution in [2.24, 2.45) is 0 Å². The van der Waals surface area contributed by atoms with Crippen LogP contribution in [0.4, 0.5) is 5.69 Å². The van der Waals surface area contributed by atoms with Crippen LogP contribution < -0.4 is 5.32 Å². The second-order valence-corrected chi connectivity index (χ2v) is 4.61. The lowest BCUT2D eigenvalue weighted by Gasteiger charge is -2.19. The predicted octanol–water partition coefficient (Wildman–Crippen LogP) is 1.24. The molecule has 1 aromatic carbocycles. The molecule has 0 heterocycles. The minimum Gasteiger partial charge on any atom is -0.358 e. The molecule has 0 fully saturated rings. The van der Waals surface area contributed by atoms with E-state index in [2.05, 4.69) is 5.32 Å². The summed E-state index contributed by atoms with van der Waals surface area (Å²) >= 11 is 0. The summed E-state index contributed by atoms with van der Waals surface area (Å²) < 4.78 is 0. The van der Waals surface area contributed by atoms with Crippen molar-refractivity contribution in [3.63, 3.8) is 0 Å². The first-order valence-electron chi connectivity index (χ1n) is 6.68. The number of Topliss-reactive ketones (excluding diaryl/α,β-unsaturated/α-hetero) is 1. The third kappa shape index (κ3) is 5.31. The molecule has 1 amide bonds. The number of nitro benzene ring substituents is 1. The van der Waals surface area contributed by atoms with Crippen LogP contribution in [0.2, 0.25) is 0 Å². The zero-order valence-electron chi connectivity index (χ0n) is 12.2. The number of non-ortho nitro benzene ring substituents is 1. The Kier molecular flexibility index (Phi) is 6.48. The maximum Gasteiger partial charge on any atom is 0.269 e. The largest absolute Gasteiger partial charge is 0.358 e. The van der Waals surface area contributed by atoms with Gasteiger partial charge in [-0.25, -0.2) is 0 Å². The molecule has 0 atom stereocenters. The molecule has 7 nitrogen and oxygen atoms in total. The van der Waals surface area contributed by atoms with E-state index in [9.17, 15) is 19.7 Å². The van der Waals surface area contributed by atoms with Gasteiger partial charge in [0.05, 0.1) is 18.0 Å². The predicted molar refractivity (Wildman–Crippen MR) is 78.2 cm³/mol. The van der Waals surface area contributed by atoms with Crippen LogP contribution in [0.5, 0.6) is 0 Å². The number of hydrogen-bond donors (Lipinski definition) is 1. The van der Waals surface area contributed by atoms with E-state index in [-0.39, 0.29) is 30.5 Å². The minimum atomic E-state index is -0.511. The van der Waals surface area contributed by atoms with Crippen LogP contribution >= 0.6 is 0 Å². The Labute approximate surface area is 123 Å². The normalized spacial score (nSPS) is 10.4. The van der Waals surface area contributed by atoms with Crippen LogP contribution in [0, 0.1) is 10.1 Å². The molecule has 0 aliphatic heterocycles. The van der Waals surface area contributed by atoms with E-state index < -0.39 is 4.92 Å². The van der Waals surface area contributed by atoms with E-state index in [1.807, 2.05) is 6.92 Å². The molecule has 0 saturated heterocycles. The first-order chi connectivity index (χ1) is 9.97. The topological polar surface area (TPSA) is 92.6 Å². The second kappa shape index (κ2) is 8.11. The molecule has 1 N–H and O–H groups in total. The lowest BCUT2D eigenvalue weighted by molar-refractivity contribution is -0.384. The summed E-state index contributed by atoms with van der Waals surface area (Å²) in [7, 11) is 1.55. The van der Waals surface area contributed by atoms with Crippen LogP contribution in [-0.2, 0) is 4.79 Å². The molecule has 114 valence electrons. The zero-order valence-corrected chi connectivity index (χ0v) is 12.2. The molecule has 0 aliphatic rings. The monoisotopic (exact) mass is 293 g/mol. The van der Waals surface area contributed by atoms with Gasteiger partial charge in [-0.1, -0.05) is 6.92 Å². The lowest BCUT2D eigenvalue weighted by atomic mass is 10.1. The maximum atomic E-state index is 12.1. The summed E-state index contributed by atoms with van der Waals surface area (Å²) in [4.78, 5) is 35.3. The maximum absolute atomic E-state index is 12.1. The fourth-order valence-corrected chi connectivity index (χ4v) is 1.88. The average molecular weight is 293 g/mol. The Hall–Kier alpha value is -2.28. The van der Waals surface area contributed by atoms with Gasteiger partial charge in [-0.15, -0.1) is 0 Å². The lowest BCUT2D eigenvalue weighted by Crippen LogP contribution is -2.39. The third-order valence-electron chi connectivity index (χ3n) is 2.95. The Morgan fingerprint density at radius 2 is 1.86 bits per heavy atom. The number of carbonyl (C=O) groups is 2. The highest BCUT2D eigenvalue weighted by atomic mass is 16.6. The van der Waals surface area contributed by atoms with Gasteiger partial charge < -0.3 is 5.32 Å². The number of likely N-dealkylation sites (N-methyl/N-ethyl adjacent to an activating group) is 1. The van der Waals surface area contributed by atoms with Gasteiger partial charge in [0.1, 0.15) is 0 Å². The van der Waals surface area contributed by atoms with Gasteiger partial charge >= 0.3 is 0 Å². The Morgan fingerprint density at radius 1 is 1.24 bits per heavy atom. The van der Waals surface area contributed by atoms with Crippen LogP contribution in [0.1, 0.15) is 23.7 Å². The summed E-state index contributed by atoms with van der Waals surface area (Å²) in [5.74, 6) is -0.317. The molecule has 0 bridgehead atoms. The van der Waals surface area contributed by atoms with Crippen LogP contribution in [0.15, 0.2) is 24.3 Å². The number of nitrogens with zero attached hydrogens (tertiary/aromatic N) is 2. The van der Waals surface area contributed by atoms with Gasteiger partial charge in [0.25, 0.3) is 5.69 Å². The first kappa shape index (κ1) is 16.8. The molecule has 0 radical (unpaired) electrons. The fourth-order valence-electron chi connectivity index (χ4n) is 1.88. The highest BCUT2D eigenvalue weighted by Crippen LogP contribution is 2.12. The molecule has 0 unspecified atom stereocenters. The summed E-state index contributed by atoms with van der Waals surface area (Å²) in [5, 5.41) is 13.1. The SMILES string of the molecule is CCCN(CC(=O)NC)CC(=O)c1ccc([N+](=O)[O-])cc1. The average Bonchev–Trinajstić information content (AvgIpc) is 2.47. The van der Waals surface area contributed by atoms with Gasteiger partial charge in [-0.2, -0.15) is 0 Å². The van der Waals surface area contributed by atoms with Gasteiger partial charge in [-0.3, -0.25) is 24.6 Å². The number of benzene rings is 1. The molecule has 0 aromatic heterocycles. The molecule has 1 aromatic rings. The van der Waals surface area contributed by atoms with Gasteiger partial charge in [0.15, 0.2) is 5.78 Å². The highest BCUT2D eigenvalue weighted by molar-refractivity contribution is 5.98. The molecule has 0 aliphatic carbocycles. The van der Waals surface area contributed by atoms with Crippen molar-refractivity contribution >= 4 is 17.4 Å². The Bertz CT molecular complexity index is 513. The molecule has 1 rings (SSSR count). The molecule has 0 spiro atoms. The van der Waals surface area contributed by atoms with Crippen molar-refractivity contribution in [3.05, 3.63) is 39.9 Å². The zero-order chi connectivity index (χ0) is 15.8. The quantitative estimate of drug-likeness (QED) is 0.442. The molecular weight excluding hydrogens is 274 g/mol. The van der Waals surface area contributed by atoms with Gasteiger partial charge in [-0.05, 0) is 25.1 Å². The van der Waals surface area contributed by atoms with Crippen LogP contribution in [0.3, 0.4) is 0 Å². The van der Waals surface area contributed by atoms with Crippen molar-refractivity contribution in [1.82, 2.24) is 10.2 Å². The van der Waals surface area contributed by atoms with E-state index in [1.165, 1.54) is 24.3 Å². The number of nitrogens with one attached hydrogen (secondary N) is 1. The van der Waals surface area contributed by atoms with E-state index in [4.69, 9.17) is 0 Å². The van der Waals surface area contributed by atoms with E-state index in [1.54, 1.807) is 11.9 Å². The van der Waals surface area contributed by atoms with Gasteiger partial charge in [0.2, 0.25) is 5.91 Å². The Balaban J connectivity index is 2.71. The molecule has 7 heteroatoms. The van der Waals surface area contributed by atoms with Crippen molar-refractivity contribution in [2.45, 2.75) is 13.3 Å². The van der Waals surface area contributed by atoms with E-state index >= 15 is 0 Å². The fraction of sp³-hybridized carbons (Fsp3) is 0.429. The number of carbonyl (C=O) groups excluding carboxylic acids is 2. The van der Waals surface area contributed by atoms with Crippen molar-refractivity contribution in [2.75, 3.05) is 26.7 Å². The number of hydrogen-bond acceptors (Lipinski definition) is 5. The number of ketones is 1. The molecule has 0 saturated carbocycles. The van der Waals surface area contributed by atoms with E-state index in [0.29, 0.717) is 12.1 Å². The van der Waals surface area contributed by atoms with Crippen molar-refractivity contribution in [3.8, 4) is 0 Å². The minimum absolute atomic E-state index is 0.0534. The number of nitro groups is 1. The molecular formula is C14H19N3O4. The summed E-state index contributed by atoms with van der Waals surface area (Å²) in [6.45, 7) is 2.86. The summed E-state index contributed by atoms with van der Waals surface area (Å²) in [6, 6.07) is 5.47. The first-order valence-corrected chi connectivity index (χ1v) is 6.68. The standard InChI is InChI=1S/C14H19N3O4/c1-3-8-16(10-14(19)15-2)9-13(18)11-4-6-12(7-5-11)17(20)21/h4-7H,3,8-10H2,1-2H3,(H,15,19). The highest BCUT2D eigenvalue weighted by Gasteiger charge is 2.15. The smallest absolute Gasteiger partial charge is 0.269 e. The molecule has 21 heavy (non-hydrogen) atoms. The number of rotatable bonds is 8. The van der Waals surface area contributed by atoms with Crippen LogP contribution in [-0.4, -0.2) is 48.2 Å². The van der Waals surface area contributed by atoms with Crippen molar-refractivity contribution < 1.29 is 14.5 Å². The van der Waals surface area contributed by atoms with Crippen molar-refractivity contribution in [1.29, 1.82) is 0 Å². The third-order valence-corrected chi connectivity index (χ3v) is 2.95. The van der Waals surface area contributed by atoms with E-state index in [0.717, 1.165) is 6.42 Å². The summed E-state index contributed by atoms with van der Waals surface area (Å²) in [5.41, 5.74) is 0.348.